The van der Waals surface area contributed by atoms with E-state index in [2.05, 4.69) is 15.2 Å². The van der Waals surface area contributed by atoms with E-state index in [1.54, 1.807) is 11.3 Å². The van der Waals surface area contributed by atoms with E-state index in [-0.39, 0.29) is 5.91 Å². The molecule has 2 heterocycles. The monoisotopic (exact) mass is 283 g/mol. The van der Waals surface area contributed by atoms with Crippen LogP contribution in [0.5, 0.6) is 0 Å². The second-order valence-corrected chi connectivity index (χ2v) is 6.11. The standard InChI is InChI=1S/C13H21N3O2S/c1-10-12(15-11(2)19-10)13(17)14-4-3-5-16-6-8-18-9-7-16/h3-9H2,1-2H3,(H,14,17). The molecule has 0 saturated carbocycles. The summed E-state index contributed by atoms with van der Waals surface area (Å²) in [5.41, 5.74) is 0.578. The van der Waals surface area contributed by atoms with Crippen molar-refractivity contribution in [2.24, 2.45) is 0 Å². The summed E-state index contributed by atoms with van der Waals surface area (Å²) in [6, 6.07) is 0. The molecule has 1 aliphatic rings. The summed E-state index contributed by atoms with van der Waals surface area (Å²) in [6.07, 6.45) is 0.966. The predicted octanol–water partition coefficient (Wildman–Crippen LogP) is 1.21. The molecular formula is C13H21N3O2S. The maximum atomic E-state index is 11.9. The van der Waals surface area contributed by atoms with Gasteiger partial charge in [-0.05, 0) is 26.8 Å². The molecule has 0 atom stereocenters. The predicted molar refractivity (Wildman–Crippen MR) is 75.8 cm³/mol. The summed E-state index contributed by atoms with van der Waals surface area (Å²) < 4.78 is 5.30. The van der Waals surface area contributed by atoms with Gasteiger partial charge in [-0.25, -0.2) is 4.98 Å². The van der Waals surface area contributed by atoms with Gasteiger partial charge in [-0.3, -0.25) is 9.69 Å². The highest BCUT2D eigenvalue weighted by Gasteiger charge is 2.14. The first-order chi connectivity index (χ1) is 9.16. The van der Waals surface area contributed by atoms with Crippen molar-refractivity contribution in [3.05, 3.63) is 15.6 Å². The number of nitrogens with one attached hydrogen (secondary N) is 1. The number of hydrogen-bond acceptors (Lipinski definition) is 5. The zero-order chi connectivity index (χ0) is 13.7. The lowest BCUT2D eigenvalue weighted by atomic mass is 10.3. The Balaban J connectivity index is 1.67. The first-order valence-corrected chi connectivity index (χ1v) is 7.51. The maximum absolute atomic E-state index is 11.9. The first kappa shape index (κ1) is 14.4. The molecule has 1 fully saturated rings. The average molecular weight is 283 g/mol. The van der Waals surface area contributed by atoms with Crippen molar-refractivity contribution in [2.75, 3.05) is 39.4 Å². The molecule has 0 unspecified atom stereocenters. The SMILES string of the molecule is Cc1nc(C(=O)NCCCN2CCOCC2)c(C)s1. The fourth-order valence-corrected chi connectivity index (χ4v) is 2.97. The first-order valence-electron chi connectivity index (χ1n) is 6.69. The topological polar surface area (TPSA) is 54.5 Å². The van der Waals surface area contributed by atoms with Crippen LogP contribution < -0.4 is 5.32 Å². The fraction of sp³-hybridized carbons (Fsp3) is 0.692. The Bertz CT molecular complexity index is 428. The molecule has 106 valence electrons. The summed E-state index contributed by atoms with van der Waals surface area (Å²) in [6.45, 7) is 9.22. The van der Waals surface area contributed by atoms with Gasteiger partial charge < -0.3 is 10.1 Å². The molecule has 0 aliphatic carbocycles. The molecule has 0 bridgehead atoms. The molecule has 19 heavy (non-hydrogen) atoms. The van der Waals surface area contributed by atoms with Gasteiger partial charge in [0.2, 0.25) is 0 Å². The number of carbonyl (C=O) groups excluding carboxylic acids is 1. The Morgan fingerprint density at radius 1 is 1.42 bits per heavy atom. The quantitative estimate of drug-likeness (QED) is 0.825. The summed E-state index contributed by atoms with van der Waals surface area (Å²) in [5, 5.41) is 3.88. The van der Waals surface area contributed by atoms with Crippen LogP contribution in [0.3, 0.4) is 0 Å². The summed E-state index contributed by atoms with van der Waals surface area (Å²) >= 11 is 1.57. The molecule has 1 N–H and O–H groups in total. The van der Waals surface area contributed by atoms with Crippen molar-refractivity contribution < 1.29 is 9.53 Å². The molecular weight excluding hydrogens is 262 g/mol. The lowest BCUT2D eigenvalue weighted by molar-refractivity contribution is 0.0374. The highest BCUT2D eigenvalue weighted by molar-refractivity contribution is 7.11. The van der Waals surface area contributed by atoms with Crippen molar-refractivity contribution in [1.82, 2.24) is 15.2 Å². The average Bonchev–Trinajstić information content (AvgIpc) is 2.75. The lowest BCUT2D eigenvalue weighted by Gasteiger charge is -2.26. The molecule has 0 spiro atoms. The summed E-state index contributed by atoms with van der Waals surface area (Å²) in [7, 11) is 0. The van der Waals surface area contributed by atoms with Crippen molar-refractivity contribution >= 4 is 17.2 Å². The zero-order valence-electron chi connectivity index (χ0n) is 11.6. The smallest absolute Gasteiger partial charge is 0.271 e. The Morgan fingerprint density at radius 3 is 2.79 bits per heavy atom. The minimum atomic E-state index is -0.0520. The van der Waals surface area contributed by atoms with E-state index in [4.69, 9.17) is 4.74 Å². The van der Waals surface area contributed by atoms with Crippen molar-refractivity contribution in [3.63, 3.8) is 0 Å². The molecule has 1 aromatic heterocycles. The Morgan fingerprint density at radius 2 is 2.16 bits per heavy atom. The minimum Gasteiger partial charge on any atom is -0.379 e. The summed E-state index contributed by atoms with van der Waals surface area (Å²) in [4.78, 5) is 19.5. The van der Waals surface area contributed by atoms with Crippen LogP contribution >= 0.6 is 11.3 Å². The second kappa shape index (κ2) is 6.98. The van der Waals surface area contributed by atoms with Gasteiger partial charge in [0, 0.05) is 24.5 Å². The Hall–Kier alpha value is -0.980. The van der Waals surface area contributed by atoms with Gasteiger partial charge in [-0.1, -0.05) is 0 Å². The number of nitrogens with zero attached hydrogens (tertiary/aromatic N) is 2. The molecule has 0 aromatic carbocycles. The second-order valence-electron chi connectivity index (χ2n) is 4.70. The van der Waals surface area contributed by atoms with Crippen LogP contribution in [0.4, 0.5) is 0 Å². The van der Waals surface area contributed by atoms with Crippen LogP contribution in [0.25, 0.3) is 0 Å². The van der Waals surface area contributed by atoms with E-state index in [9.17, 15) is 4.79 Å². The van der Waals surface area contributed by atoms with Crippen LogP contribution in [0, 0.1) is 13.8 Å². The minimum absolute atomic E-state index is 0.0520. The third-order valence-electron chi connectivity index (χ3n) is 3.16. The molecule has 6 heteroatoms. The highest BCUT2D eigenvalue weighted by atomic mass is 32.1. The van der Waals surface area contributed by atoms with Crippen molar-refractivity contribution in [3.8, 4) is 0 Å². The van der Waals surface area contributed by atoms with Gasteiger partial charge in [-0.15, -0.1) is 11.3 Å². The van der Waals surface area contributed by atoms with Gasteiger partial charge in [-0.2, -0.15) is 0 Å². The van der Waals surface area contributed by atoms with E-state index >= 15 is 0 Å². The molecule has 5 nitrogen and oxygen atoms in total. The number of amides is 1. The summed E-state index contributed by atoms with van der Waals surface area (Å²) in [5.74, 6) is -0.0520. The fourth-order valence-electron chi connectivity index (χ4n) is 2.15. The lowest BCUT2D eigenvalue weighted by Crippen LogP contribution is -2.38. The van der Waals surface area contributed by atoms with E-state index < -0.39 is 0 Å². The molecule has 2 rings (SSSR count). The van der Waals surface area contributed by atoms with Crippen LogP contribution in [0.1, 0.15) is 26.8 Å². The largest absolute Gasteiger partial charge is 0.379 e. The Kier molecular flexibility index (Phi) is 5.30. The molecule has 0 radical (unpaired) electrons. The normalized spacial score (nSPS) is 16.5. The Labute approximate surface area is 118 Å². The zero-order valence-corrected chi connectivity index (χ0v) is 12.4. The molecule has 1 aliphatic heterocycles. The van der Waals surface area contributed by atoms with E-state index in [0.29, 0.717) is 12.2 Å². The third kappa shape index (κ3) is 4.26. The number of morpholine rings is 1. The van der Waals surface area contributed by atoms with E-state index in [1.165, 1.54) is 0 Å². The molecule has 1 amide bonds. The molecule has 1 aromatic rings. The van der Waals surface area contributed by atoms with Crippen LogP contribution in [0.2, 0.25) is 0 Å². The van der Waals surface area contributed by atoms with Gasteiger partial charge in [0.05, 0.1) is 18.2 Å². The van der Waals surface area contributed by atoms with Crippen LogP contribution in [0.15, 0.2) is 0 Å². The van der Waals surface area contributed by atoms with Crippen molar-refractivity contribution in [2.45, 2.75) is 20.3 Å². The number of carbonyl (C=O) groups is 1. The van der Waals surface area contributed by atoms with Gasteiger partial charge in [0.15, 0.2) is 0 Å². The number of aromatic nitrogens is 1. The number of aryl methyl sites for hydroxylation is 2. The third-order valence-corrected chi connectivity index (χ3v) is 4.05. The highest BCUT2D eigenvalue weighted by Crippen LogP contribution is 2.15. The van der Waals surface area contributed by atoms with Gasteiger partial charge in [0.25, 0.3) is 5.91 Å². The van der Waals surface area contributed by atoms with Gasteiger partial charge >= 0.3 is 0 Å². The van der Waals surface area contributed by atoms with Crippen LogP contribution in [-0.4, -0.2) is 55.2 Å². The number of ether oxygens (including phenoxy) is 1. The van der Waals surface area contributed by atoms with E-state index in [0.717, 1.165) is 49.2 Å². The number of hydrogen-bond donors (Lipinski definition) is 1. The van der Waals surface area contributed by atoms with Crippen molar-refractivity contribution in [1.29, 1.82) is 0 Å². The molecule has 1 saturated heterocycles. The number of rotatable bonds is 5. The van der Waals surface area contributed by atoms with Gasteiger partial charge in [0.1, 0.15) is 5.69 Å². The van der Waals surface area contributed by atoms with E-state index in [1.807, 2.05) is 13.8 Å². The maximum Gasteiger partial charge on any atom is 0.271 e. The van der Waals surface area contributed by atoms with Crippen LogP contribution in [-0.2, 0) is 4.74 Å². The number of thiazole rings is 1.